The number of para-hydroxylation sites is 2. The summed E-state index contributed by atoms with van der Waals surface area (Å²) in [5, 5.41) is 9.44. The highest BCUT2D eigenvalue weighted by Gasteiger charge is 2.33. The molecule has 0 spiro atoms. The van der Waals surface area contributed by atoms with Crippen LogP contribution in [0.1, 0.15) is 5.69 Å². The molecular weight excluding hydrogens is 382 g/mol. The first-order chi connectivity index (χ1) is 13.2. The molecule has 1 unspecified atom stereocenters. The average Bonchev–Trinajstić information content (AvgIpc) is 3.38. The molecule has 1 aliphatic rings. The molecular formula is C19H17N3O3S2. The Hall–Kier alpha value is -2.71. The number of nitrogens with zero attached hydrogens (tertiary/aromatic N) is 2. The molecule has 27 heavy (non-hydrogen) atoms. The Balaban J connectivity index is 1.56. The van der Waals surface area contributed by atoms with E-state index in [1.54, 1.807) is 29.4 Å². The second kappa shape index (κ2) is 7.50. The minimum atomic E-state index is -0.731. The number of hydrogen-bond donors (Lipinski definition) is 1. The molecule has 138 valence electrons. The van der Waals surface area contributed by atoms with E-state index >= 15 is 0 Å². The lowest BCUT2D eigenvalue weighted by Crippen LogP contribution is -2.50. The minimum Gasteiger partial charge on any atom is -0.477 e. The molecule has 2 aromatic heterocycles. The van der Waals surface area contributed by atoms with Gasteiger partial charge in [-0.05, 0) is 23.6 Å². The number of aromatic nitrogens is 1. The summed E-state index contributed by atoms with van der Waals surface area (Å²) in [6.07, 6.45) is -0.555. The van der Waals surface area contributed by atoms with Crippen molar-refractivity contribution in [3.63, 3.8) is 0 Å². The largest absolute Gasteiger partial charge is 0.477 e. The molecule has 0 fully saturated rings. The zero-order chi connectivity index (χ0) is 18.8. The van der Waals surface area contributed by atoms with Gasteiger partial charge in [-0.3, -0.25) is 9.59 Å². The maximum Gasteiger partial charge on any atom is 0.262 e. The molecule has 1 N–H and O–H groups in total. The van der Waals surface area contributed by atoms with Gasteiger partial charge in [-0.15, -0.1) is 11.3 Å². The third kappa shape index (κ3) is 3.58. The van der Waals surface area contributed by atoms with Crippen molar-refractivity contribution in [3.05, 3.63) is 52.2 Å². The molecule has 1 atom stereocenters. The van der Waals surface area contributed by atoms with E-state index < -0.39 is 6.10 Å². The molecule has 0 radical (unpaired) electrons. The summed E-state index contributed by atoms with van der Waals surface area (Å²) in [7, 11) is 1.56. The predicted molar refractivity (Wildman–Crippen MR) is 106 cm³/mol. The van der Waals surface area contributed by atoms with E-state index in [1.807, 2.05) is 40.4 Å². The number of thiophene rings is 1. The number of rotatable bonds is 4. The van der Waals surface area contributed by atoms with E-state index in [2.05, 4.69) is 10.3 Å². The molecule has 3 heterocycles. The third-order valence-electron chi connectivity index (χ3n) is 4.27. The molecule has 0 saturated heterocycles. The smallest absolute Gasteiger partial charge is 0.262 e. The van der Waals surface area contributed by atoms with Gasteiger partial charge < -0.3 is 15.0 Å². The van der Waals surface area contributed by atoms with Crippen molar-refractivity contribution in [1.29, 1.82) is 0 Å². The van der Waals surface area contributed by atoms with Gasteiger partial charge in [-0.1, -0.05) is 12.1 Å². The average molecular weight is 399 g/mol. The number of ether oxygens (including phenoxy) is 1. The van der Waals surface area contributed by atoms with Gasteiger partial charge >= 0.3 is 0 Å². The number of carbonyl (C=O) groups excluding carboxylic acids is 2. The topological polar surface area (TPSA) is 71.5 Å². The zero-order valence-electron chi connectivity index (χ0n) is 14.5. The first kappa shape index (κ1) is 17.7. The van der Waals surface area contributed by atoms with Gasteiger partial charge in [0, 0.05) is 23.4 Å². The Morgan fingerprint density at radius 1 is 1.30 bits per heavy atom. The van der Waals surface area contributed by atoms with Crippen molar-refractivity contribution >= 4 is 40.2 Å². The van der Waals surface area contributed by atoms with Crippen molar-refractivity contribution in [1.82, 2.24) is 10.3 Å². The van der Waals surface area contributed by atoms with Crippen LogP contribution in [0.4, 0.5) is 5.69 Å². The van der Waals surface area contributed by atoms with Crippen LogP contribution in [0.2, 0.25) is 0 Å². The number of amides is 2. The lowest BCUT2D eigenvalue weighted by molar-refractivity contribution is -0.127. The lowest BCUT2D eigenvalue weighted by atomic mass is 10.1. The molecule has 0 bridgehead atoms. The monoisotopic (exact) mass is 399 g/mol. The highest BCUT2D eigenvalue weighted by molar-refractivity contribution is 7.14. The van der Waals surface area contributed by atoms with Crippen LogP contribution in [-0.4, -0.2) is 36.5 Å². The summed E-state index contributed by atoms with van der Waals surface area (Å²) in [6.45, 7) is 0.178. The maximum absolute atomic E-state index is 13.0. The number of likely N-dealkylation sites (N-methyl/N-ethyl adjacent to an activating group) is 1. The van der Waals surface area contributed by atoms with Crippen LogP contribution in [0.15, 0.2) is 46.5 Å². The second-order valence-corrected chi connectivity index (χ2v) is 7.66. The fourth-order valence-electron chi connectivity index (χ4n) is 2.93. The molecule has 8 heteroatoms. The SMILES string of the molecule is CNC(=O)C1CN(C(=O)Cc2csc(-c3ccsc3)n2)c2ccccc2O1. The Labute approximate surface area is 164 Å². The third-order valence-corrected chi connectivity index (χ3v) is 5.89. The van der Waals surface area contributed by atoms with Crippen LogP contribution in [-0.2, 0) is 16.0 Å². The van der Waals surface area contributed by atoms with Crippen molar-refractivity contribution in [2.75, 3.05) is 18.5 Å². The summed E-state index contributed by atoms with van der Waals surface area (Å²) >= 11 is 3.14. The van der Waals surface area contributed by atoms with Crippen LogP contribution < -0.4 is 15.0 Å². The van der Waals surface area contributed by atoms with Gasteiger partial charge in [0.05, 0.1) is 24.3 Å². The lowest BCUT2D eigenvalue weighted by Gasteiger charge is -2.34. The van der Waals surface area contributed by atoms with Crippen LogP contribution in [0.3, 0.4) is 0 Å². The molecule has 0 aliphatic carbocycles. The molecule has 1 aromatic carbocycles. The van der Waals surface area contributed by atoms with Crippen molar-refractivity contribution < 1.29 is 14.3 Å². The maximum atomic E-state index is 13.0. The molecule has 1 aliphatic heterocycles. The van der Waals surface area contributed by atoms with Crippen molar-refractivity contribution in [2.24, 2.45) is 0 Å². The van der Waals surface area contributed by atoms with E-state index in [9.17, 15) is 9.59 Å². The molecule has 6 nitrogen and oxygen atoms in total. The number of carbonyl (C=O) groups is 2. The van der Waals surface area contributed by atoms with Crippen molar-refractivity contribution in [3.8, 4) is 16.3 Å². The van der Waals surface area contributed by atoms with Gasteiger partial charge in [0.2, 0.25) is 5.91 Å². The molecule has 4 rings (SSSR count). The Morgan fingerprint density at radius 2 is 2.15 bits per heavy atom. The highest BCUT2D eigenvalue weighted by atomic mass is 32.1. The van der Waals surface area contributed by atoms with Crippen LogP contribution >= 0.6 is 22.7 Å². The summed E-state index contributed by atoms with van der Waals surface area (Å²) < 4.78 is 5.75. The van der Waals surface area contributed by atoms with E-state index in [0.29, 0.717) is 11.4 Å². The fraction of sp³-hybridized carbons (Fsp3) is 0.211. The van der Waals surface area contributed by atoms with Crippen LogP contribution in [0, 0.1) is 0 Å². The normalized spacial score (nSPS) is 15.7. The number of fused-ring (bicyclic) bond motifs is 1. The minimum absolute atomic E-state index is 0.109. The summed E-state index contributed by atoms with van der Waals surface area (Å²) in [5.41, 5.74) is 2.47. The summed E-state index contributed by atoms with van der Waals surface area (Å²) in [4.78, 5) is 31.2. The van der Waals surface area contributed by atoms with Crippen LogP contribution in [0.25, 0.3) is 10.6 Å². The van der Waals surface area contributed by atoms with Crippen molar-refractivity contribution in [2.45, 2.75) is 12.5 Å². The molecule has 2 amide bonds. The summed E-state index contributed by atoms with van der Waals surface area (Å²) in [5.74, 6) is 0.167. The Bertz CT molecular complexity index is 968. The number of anilines is 1. The van der Waals surface area contributed by atoms with Gasteiger partial charge in [0.25, 0.3) is 5.91 Å². The first-order valence-electron chi connectivity index (χ1n) is 8.40. The van der Waals surface area contributed by atoms with Crippen LogP contribution in [0.5, 0.6) is 5.75 Å². The highest BCUT2D eigenvalue weighted by Crippen LogP contribution is 2.34. The van der Waals surface area contributed by atoms with E-state index in [1.165, 1.54) is 11.3 Å². The number of hydrogen-bond acceptors (Lipinski definition) is 6. The number of nitrogens with one attached hydrogen (secondary N) is 1. The molecule has 0 saturated carbocycles. The number of benzene rings is 1. The fourth-order valence-corrected chi connectivity index (χ4v) is 4.46. The summed E-state index contributed by atoms with van der Waals surface area (Å²) in [6, 6.07) is 9.27. The Morgan fingerprint density at radius 3 is 2.93 bits per heavy atom. The Kier molecular flexibility index (Phi) is 4.91. The second-order valence-electron chi connectivity index (χ2n) is 6.03. The van der Waals surface area contributed by atoms with Gasteiger partial charge in [-0.25, -0.2) is 4.98 Å². The first-order valence-corrected chi connectivity index (χ1v) is 10.2. The standard InChI is InChI=1S/C19H17N3O3S2/c1-20-18(24)16-9-22(14-4-2-3-5-15(14)25-16)17(23)8-13-11-27-19(21-13)12-6-7-26-10-12/h2-7,10-11,16H,8-9H2,1H3,(H,20,24). The quantitative estimate of drug-likeness (QED) is 0.732. The van der Waals surface area contributed by atoms with E-state index in [0.717, 1.165) is 16.3 Å². The van der Waals surface area contributed by atoms with Gasteiger partial charge in [-0.2, -0.15) is 11.3 Å². The van der Waals surface area contributed by atoms with E-state index in [4.69, 9.17) is 4.74 Å². The van der Waals surface area contributed by atoms with Gasteiger partial charge in [0.15, 0.2) is 6.10 Å². The van der Waals surface area contributed by atoms with Gasteiger partial charge in [0.1, 0.15) is 10.8 Å². The van der Waals surface area contributed by atoms with E-state index in [-0.39, 0.29) is 24.8 Å². The predicted octanol–water partition coefficient (Wildman–Crippen LogP) is 2.95. The molecule has 3 aromatic rings. The number of thiazole rings is 1. The zero-order valence-corrected chi connectivity index (χ0v) is 16.2.